The first-order chi connectivity index (χ1) is 9.31. The molecule has 1 unspecified atom stereocenters. The van der Waals surface area contributed by atoms with Gasteiger partial charge in [0.2, 0.25) is 0 Å². The molecule has 0 aliphatic carbocycles. The van der Waals surface area contributed by atoms with Gasteiger partial charge in [-0.2, -0.15) is 0 Å². The minimum atomic E-state index is -0.506. The molecule has 0 radical (unpaired) electrons. The van der Waals surface area contributed by atoms with Gasteiger partial charge in [-0.3, -0.25) is 4.90 Å². The monoisotopic (exact) mass is 311 g/mol. The Morgan fingerprint density at radius 3 is 2.10 bits per heavy atom. The highest BCUT2D eigenvalue weighted by Crippen LogP contribution is 2.34. The number of hydrogen-bond donors (Lipinski definition) is 1. The van der Waals surface area contributed by atoms with Crippen LogP contribution in [0.4, 0.5) is 0 Å². The molecule has 1 aliphatic heterocycles. The first-order valence-electron chi connectivity index (χ1n) is 7.15. The predicted octanol–water partition coefficient (Wildman–Crippen LogP) is 3.28. The Morgan fingerprint density at radius 1 is 1.05 bits per heavy atom. The Labute approximate surface area is 134 Å². The molecule has 0 fully saturated rings. The highest BCUT2D eigenvalue weighted by Gasteiger charge is 2.40. The molecular weight excluding hydrogens is 286 g/mol. The molecule has 0 aromatic heterocycles. The second kappa shape index (κ2) is 6.82. The number of aliphatic hydroxyl groups excluding tert-OH is 1. The van der Waals surface area contributed by atoms with E-state index in [1.165, 1.54) is 0 Å². The van der Waals surface area contributed by atoms with E-state index in [0.717, 1.165) is 5.75 Å². The van der Waals surface area contributed by atoms with Crippen molar-refractivity contribution in [1.29, 1.82) is 0 Å². The fraction of sp³-hybridized carbons (Fsp3) is 0.529. The lowest BCUT2D eigenvalue weighted by molar-refractivity contribution is 0.0138. The summed E-state index contributed by atoms with van der Waals surface area (Å²) in [6, 6.07) is 9.61. The lowest BCUT2D eigenvalue weighted by Gasteiger charge is -2.41. The summed E-state index contributed by atoms with van der Waals surface area (Å²) >= 11 is 0. The number of β-amino-alcohol motifs (C(OH)–C–C–N with tert-alkyl or cyclic N) is 1. The maximum atomic E-state index is 10.2. The summed E-state index contributed by atoms with van der Waals surface area (Å²) in [7, 11) is 0. The van der Waals surface area contributed by atoms with E-state index in [1.807, 2.05) is 30.3 Å². The van der Waals surface area contributed by atoms with Gasteiger partial charge in [0, 0.05) is 17.6 Å². The molecule has 0 saturated carbocycles. The zero-order valence-corrected chi connectivity index (χ0v) is 14.1. The van der Waals surface area contributed by atoms with Crippen molar-refractivity contribution in [3.63, 3.8) is 0 Å². The van der Waals surface area contributed by atoms with Crippen LogP contribution in [0, 0.1) is 0 Å². The van der Waals surface area contributed by atoms with Crippen LogP contribution in [0.1, 0.15) is 27.7 Å². The van der Waals surface area contributed by atoms with Crippen molar-refractivity contribution in [1.82, 2.24) is 4.90 Å². The van der Waals surface area contributed by atoms with Crippen molar-refractivity contribution in [2.75, 3.05) is 13.2 Å². The molecule has 4 heteroatoms. The second-order valence-electron chi connectivity index (χ2n) is 6.53. The van der Waals surface area contributed by atoms with E-state index >= 15 is 0 Å². The SMILES string of the molecule is CC1(C)C=CC(C)(C)N1CC(O)COc1ccccc1.Cl. The molecule has 1 aliphatic rings. The van der Waals surface area contributed by atoms with Gasteiger partial charge >= 0.3 is 0 Å². The molecule has 3 nitrogen and oxygen atoms in total. The maximum absolute atomic E-state index is 10.2. The molecule has 0 saturated heterocycles. The van der Waals surface area contributed by atoms with Crippen molar-refractivity contribution in [2.45, 2.75) is 44.9 Å². The van der Waals surface area contributed by atoms with E-state index in [-0.39, 0.29) is 23.5 Å². The Balaban J connectivity index is 0.00000220. The Morgan fingerprint density at radius 2 is 1.57 bits per heavy atom. The lowest BCUT2D eigenvalue weighted by atomic mass is 10.0. The van der Waals surface area contributed by atoms with Crippen LogP contribution in [-0.4, -0.2) is 40.3 Å². The third-order valence-electron chi connectivity index (χ3n) is 3.87. The molecule has 1 aromatic carbocycles. The van der Waals surface area contributed by atoms with Crippen molar-refractivity contribution in [3.05, 3.63) is 42.5 Å². The average molecular weight is 312 g/mol. The number of halogens is 1. The zero-order chi connectivity index (χ0) is 14.8. The summed E-state index contributed by atoms with van der Waals surface area (Å²) in [6.45, 7) is 9.59. The zero-order valence-electron chi connectivity index (χ0n) is 13.2. The van der Waals surface area contributed by atoms with Crippen molar-refractivity contribution in [3.8, 4) is 5.75 Å². The van der Waals surface area contributed by atoms with Gasteiger partial charge in [-0.1, -0.05) is 30.4 Å². The topological polar surface area (TPSA) is 32.7 Å². The summed E-state index contributed by atoms with van der Waals surface area (Å²) in [5, 5.41) is 10.2. The highest BCUT2D eigenvalue weighted by atomic mass is 35.5. The van der Waals surface area contributed by atoms with Crippen LogP contribution in [0.25, 0.3) is 0 Å². The van der Waals surface area contributed by atoms with E-state index in [2.05, 4.69) is 44.7 Å². The van der Waals surface area contributed by atoms with Gasteiger partial charge in [-0.05, 0) is 39.8 Å². The van der Waals surface area contributed by atoms with E-state index in [0.29, 0.717) is 13.2 Å². The Kier molecular flexibility index (Phi) is 5.85. The standard InChI is InChI=1S/C17H25NO2.ClH/c1-16(2)10-11-17(3,4)18(16)12-14(19)13-20-15-8-6-5-7-9-15;/h5-11,14,19H,12-13H2,1-4H3;1H. The van der Waals surface area contributed by atoms with Crippen LogP contribution in [-0.2, 0) is 0 Å². The molecule has 0 spiro atoms. The summed E-state index contributed by atoms with van der Waals surface area (Å²) in [4.78, 5) is 2.30. The minimum absolute atomic E-state index is 0. The molecule has 2 rings (SSSR count). The molecule has 1 atom stereocenters. The fourth-order valence-corrected chi connectivity index (χ4v) is 2.77. The van der Waals surface area contributed by atoms with E-state index in [9.17, 15) is 5.11 Å². The molecule has 21 heavy (non-hydrogen) atoms. The minimum Gasteiger partial charge on any atom is -0.491 e. The molecule has 0 bridgehead atoms. The Hall–Kier alpha value is -1.03. The molecule has 1 N–H and O–H groups in total. The van der Waals surface area contributed by atoms with Gasteiger partial charge < -0.3 is 9.84 Å². The molecule has 1 aromatic rings. The average Bonchev–Trinajstić information content (AvgIpc) is 2.61. The molecule has 118 valence electrons. The third-order valence-corrected chi connectivity index (χ3v) is 3.87. The van der Waals surface area contributed by atoms with Gasteiger partial charge in [0.05, 0.1) is 0 Å². The van der Waals surface area contributed by atoms with Crippen molar-refractivity contribution >= 4 is 12.4 Å². The lowest BCUT2D eigenvalue weighted by Crippen LogP contribution is -2.53. The smallest absolute Gasteiger partial charge is 0.119 e. The summed E-state index contributed by atoms with van der Waals surface area (Å²) in [5.74, 6) is 0.796. The van der Waals surface area contributed by atoms with Crippen LogP contribution >= 0.6 is 12.4 Å². The largest absolute Gasteiger partial charge is 0.491 e. The molecule has 1 heterocycles. The highest BCUT2D eigenvalue weighted by molar-refractivity contribution is 5.85. The first kappa shape index (κ1) is 18.0. The predicted molar refractivity (Wildman–Crippen MR) is 89.2 cm³/mol. The number of nitrogens with zero attached hydrogens (tertiary/aromatic N) is 1. The van der Waals surface area contributed by atoms with E-state index < -0.39 is 6.10 Å². The summed E-state index contributed by atoms with van der Waals surface area (Å²) in [6.07, 6.45) is 3.91. The number of ether oxygens (including phenoxy) is 1. The van der Waals surface area contributed by atoms with Gasteiger partial charge in [0.1, 0.15) is 18.5 Å². The van der Waals surface area contributed by atoms with Crippen LogP contribution < -0.4 is 4.74 Å². The number of para-hydroxylation sites is 1. The first-order valence-corrected chi connectivity index (χ1v) is 7.15. The van der Waals surface area contributed by atoms with Crippen LogP contribution in [0.2, 0.25) is 0 Å². The number of benzene rings is 1. The number of rotatable bonds is 5. The van der Waals surface area contributed by atoms with Gasteiger partial charge in [-0.15, -0.1) is 12.4 Å². The van der Waals surface area contributed by atoms with Crippen LogP contribution in [0.5, 0.6) is 5.75 Å². The molecule has 0 amide bonds. The normalized spacial score (nSPS) is 20.8. The van der Waals surface area contributed by atoms with Gasteiger partial charge in [0.25, 0.3) is 0 Å². The third kappa shape index (κ3) is 4.47. The second-order valence-corrected chi connectivity index (χ2v) is 6.53. The summed E-state index contributed by atoms with van der Waals surface area (Å²) in [5.41, 5.74) is -0.0611. The van der Waals surface area contributed by atoms with Gasteiger partial charge in [-0.25, -0.2) is 0 Å². The quantitative estimate of drug-likeness (QED) is 0.847. The van der Waals surface area contributed by atoms with Crippen LogP contribution in [0.15, 0.2) is 42.5 Å². The van der Waals surface area contributed by atoms with Crippen molar-refractivity contribution < 1.29 is 9.84 Å². The van der Waals surface area contributed by atoms with Crippen molar-refractivity contribution in [2.24, 2.45) is 0 Å². The van der Waals surface area contributed by atoms with E-state index in [1.54, 1.807) is 0 Å². The summed E-state index contributed by atoms with van der Waals surface area (Å²) < 4.78 is 5.62. The fourth-order valence-electron chi connectivity index (χ4n) is 2.77. The van der Waals surface area contributed by atoms with Crippen LogP contribution in [0.3, 0.4) is 0 Å². The van der Waals surface area contributed by atoms with Gasteiger partial charge in [0.15, 0.2) is 0 Å². The Bertz CT molecular complexity index is 453. The number of aliphatic hydroxyl groups is 1. The number of hydrogen-bond acceptors (Lipinski definition) is 3. The molecular formula is C17H26ClNO2. The van der Waals surface area contributed by atoms with E-state index in [4.69, 9.17) is 4.74 Å². The maximum Gasteiger partial charge on any atom is 0.119 e.